The minimum absolute atomic E-state index is 0.117. The van der Waals surface area contributed by atoms with Gasteiger partial charge in [0, 0.05) is 0 Å². The van der Waals surface area contributed by atoms with Crippen LogP contribution in [0, 0.1) is 0 Å². The Kier molecular flexibility index (Phi) is 3.68. The summed E-state index contributed by atoms with van der Waals surface area (Å²) in [6, 6.07) is 5.16. The third-order valence-electron chi connectivity index (χ3n) is 4.08. The van der Waals surface area contributed by atoms with Gasteiger partial charge in [-0.2, -0.15) is 18.2 Å². The van der Waals surface area contributed by atoms with Crippen LogP contribution >= 0.6 is 0 Å². The lowest BCUT2D eigenvalue weighted by Gasteiger charge is -2.29. The Bertz CT molecular complexity index is 660. The van der Waals surface area contributed by atoms with E-state index >= 15 is 0 Å². The highest BCUT2D eigenvalue weighted by Crippen LogP contribution is 2.38. The first kappa shape index (κ1) is 15.0. The van der Waals surface area contributed by atoms with Crippen LogP contribution in [0.2, 0.25) is 0 Å². The van der Waals surface area contributed by atoms with Crippen LogP contribution in [0.4, 0.5) is 13.2 Å². The van der Waals surface area contributed by atoms with Gasteiger partial charge in [-0.25, -0.2) is 0 Å². The van der Waals surface area contributed by atoms with Crippen molar-refractivity contribution in [1.82, 2.24) is 10.1 Å². The molecule has 7 heteroatoms. The van der Waals surface area contributed by atoms with Gasteiger partial charge in [-0.3, -0.25) is 0 Å². The zero-order valence-electron chi connectivity index (χ0n) is 11.9. The molecule has 0 atom stereocenters. The number of hydrogen-bond acceptors (Lipinski definition) is 4. The van der Waals surface area contributed by atoms with Crippen LogP contribution in [-0.4, -0.2) is 10.1 Å². The van der Waals surface area contributed by atoms with Crippen molar-refractivity contribution < 1.29 is 17.7 Å². The van der Waals surface area contributed by atoms with E-state index in [0.717, 1.165) is 25.3 Å². The first-order valence-corrected chi connectivity index (χ1v) is 7.20. The molecule has 2 N–H and O–H groups in total. The van der Waals surface area contributed by atoms with Gasteiger partial charge in [0.2, 0.25) is 0 Å². The number of aromatic nitrogens is 2. The van der Waals surface area contributed by atoms with Gasteiger partial charge in [-0.05, 0) is 25.0 Å². The van der Waals surface area contributed by atoms with Crippen LogP contribution in [0.5, 0.6) is 0 Å². The van der Waals surface area contributed by atoms with Gasteiger partial charge in [-0.15, -0.1) is 0 Å². The van der Waals surface area contributed by atoms with Gasteiger partial charge >= 0.3 is 6.18 Å². The highest BCUT2D eigenvalue weighted by molar-refractivity contribution is 5.59. The summed E-state index contributed by atoms with van der Waals surface area (Å²) < 4.78 is 44.2. The van der Waals surface area contributed by atoms with Crippen LogP contribution in [0.3, 0.4) is 0 Å². The van der Waals surface area contributed by atoms with Crippen LogP contribution < -0.4 is 5.73 Å². The third-order valence-corrected chi connectivity index (χ3v) is 4.08. The van der Waals surface area contributed by atoms with Crippen molar-refractivity contribution in [3.05, 3.63) is 35.7 Å². The lowest BCUT2D eigenvalue weighted by atomic mass is 9.82. The predicted molar refractivity (Wildman–Crippen MR) is 73.7 cm³/mol. The number of nitrogens with zero attached hydrogens (tertiary/aromatic N) is 2. The monoisotopic (exact) mass is 311 g/mol. The quantitative estimate of drug-likeness (QED) is 0.914. The molecule has 0 spiro atoms. The fourth-order valence-corrected chi connectivity index (χ4v) is 2.86. The van der Waals surface area contributed by atoms with Crippen molar-refractivity contribution in [3.63, 3.8) is 0 Å². The van der Waals surface area contributed by atoms with Crippen LogP contribution in [-0.2, 0) is 11.7 Å². The molecule has 1 aliphatic carbocycles. The summed E-state index contributed by atoms with van der Waals surface area (Å²) in [6.45, 7) is 0. The molecule has 4 nitrogen and oxygen atoms in total. The van der Waals surface area contributed by atoms with Gasteiger partial charge in [0.25, 0.3) is 5.89 Å². The minimum Gasteiger partial charge on any atom is -0.334 e. The van der Waals surface area contributed by atoms with Gasteiger partial charge in [-0.1, -0.05) is 36.6 Å². The topological polar surface area (TPSA) is 64.9 Å². The number of hydrogen-bond donors (Lipinski definition) is 1. The Morgan fingerprint density at radius 1 is 1.09 bits per heavy atom. The highest BCUT2D eigenvalue weighted by atomic mass is 19.4. The largest absolute Gasteiger partial charge is 0.417 e. The highest BCUT2D eigenvalue weighted by Gasteiger charge is 2.37. The summed E-state index contributed by atoms with van der Waals surface area (Å²) in [4.78, 5) is 4.15. The van der Waals surface area contributed by atoms with E-state index in [1.807, 2.05) is 0 Å². The second kappa shape index (κ2) is 5.39. The molecule has 0 bridgehead atoms. The van der Waals surface area contributed by atoms with Crippen molar-refractivity contribution >= 4 is 0 Å². The fourth-order valence-electron chi connectivity index (χ4n) is 2.86. The molecule has 0 unspecified atom stereocenters. The Morgan fingerprint density at radius 2 is 1.77 bits per heavy atom. The first-order valence-electron chi connectivity index (χ1n) is 7.20. The summed E-state index contributed by atoms with van der Waals surface area (Å²) in [7, 11) is 0. The van der Waals surface area contributed by atoms with E-state index in [1.54, 1.807) is 0 Å². The Balaban J connectivity index is 1.98. The lowest BCUT2D eigenvalue weighted by molar-refractivity contribution is -0.137. The standard InChI is InChI=1S/C15H16F3N3O/c16-15(17,18)11-7-3-2-6-10(11)12-20-13(21-22-12)14(19)8-4-1-5-9-14/h2-3,6-7H,1,4-5,8-9,19H2. The zero-order chi connectivity index (χ0) is 15.8. The zero-order valence-corrected chi connectivity index (χ0v) is 11.9. The molecule has 0 amide bonds. The van der Waals surface area contributed by atoms with Crippen LogP contribution in [0.15, 0.2) is 28.8 Å². The molecule has 118 valence electrons. The smallest absolute Gasteiger partial charge is 0.334 e. The molecule has 1 aliphatic rings. The average molecular weight is 311 g/mol. The van der Waals surface area contributed by atoms with Crippen molar-refractivity contribution in [3.8, 4) is 11.5 Å². The second-order valence-electron chi connectivity index (χ2n) is 5.68. The van der Waals surface area contributed by atoms with E-state index < -0.39 is 17.3 Å². The maximum atomic E-state index is 13.1. The van der Waals surface area contributed by atoms with Gasteiger partial charge in [0.1, 0.15) is 0 Å². The van der Waals surface area contributed by atoms with E-state index in [4.69, 9.17) is 10.3 Å². The van der Waals surface area contributed by atoms with Gasteiger partial charge in [0.05, 0.1) is 16.7 Å². The summed E-state index contributed by atoms with van der Waals surface area (Å²) in [5, 5.41) is 3.83. The van der Waals surface area contributed by atoms with E-state index in [-0.39, 0.29) is 11.5 Å². The molecule has 1 aromatic carbocycles. The van der Waals surface area contributed by atoms with Crippen molar-refractivity contribution in [1.29, 1.82) is 0 Å². The molecule has 3 rings (SSSR count). The maximum absolute atomic E-state index is 13.1. The minimum atomic E-state index is -4.48. The summed E-state index contributed by atoms with van der Waals surface area (Å²) >= 11 is 0. The SMILES string of the molecule is NC1(c2noc(-c3ccccc3C(F)(F)F)n2)CCCCC1. The van der Waals surface area contributed by atoms with Crippen LogP contribution in [0.25, 0.3) is 11.5 Å². The Morgan fingerprint density at radius 3 is 2.45 bits per heavy atom. The summed E-state index contributed by atoms with van der Waals surface area (Å²) in [6.07, 6.45) is -0.0319. The third kappa shape index (κ3) is 2.72. The molecule has 0 aliphatic heterocycles. The normalized spacial score (nSPS) is 18.4. The number of rotatable bonds is 2. The Hall–Kier alpha value is -1.89. The first-order chi connectivity index (χ1) is 10.4. The average Bonchev–Trinajstić information content (AvgIpc) is 2.98. The molecule has 0 saturated heterocycles. The number of benzene rings is 1. The van der Waals surface area contributed by atoms with Crippen molar-refractivity contribution in [2.75, 3.05) is 0 Å². The van der Waals surface area contributed by atoms with E-state index in [9.17, 15) is 13.2 Å². The molecular formula is C15H16F3N3O. The second-order valence-corrected chi connectivity index (χ2v) is 5.68. The number of alkyl halides is 3. The molecule has 0 radical (unpaired) electrons. The van der Waals surface area contributed by atoms with Crippen molar-refractivity contribution in [2.24, 2.45) is 5.73 Å². The maximum Gasteiger partial charge on any atom is 0.417 e. The summed E-state index contributed by atoms with van der Waals surface area (Å²) in [5.41, 5.74) is 4.68. The number of nitrogens with two attached hydrogens (primary N) is 1. The predicted octanol–water partition coefficient (Wildman–Crippen LogP) is 3.87. The fraction of sp³-hybridized carbons (Fsp3) is 0.467. The Labute approximate surface area is 125 Å². The van der Waals surface area contributed by atoms with E-state index in [0.29, 0.717) is 18.7 Å². The molecule has 22 heavy (non-hydrogen) atoms. The van der Waals surface area contributed by atoms with E-state index in [1.165, 1.54) is 18.2 Å². The molecule has 1 saturated carbocycles. The molecular weight excluding hydrogens is 295 g/mol. The van der Waals surface area contributed by atoms with Gasteiger partial charge < -0.3 is 10.3 Å². The van der Waals surface area contributed by atoms with Crippen LogP contribution in [0.1, 0.15) is 43.5 Å². The van der Waals surface area contributed by atoms with Gasteiger partial charge in [0.15, 0.2) is 5.82 Å². The number of halogens is 3. The lowest BCUT2D eigenvalue weighted by Crippen LogP contribution is -2.39. The molecule has 1 aromatic heterocycles. The van der Waals surface area contributed by atoms with Crippen molar-refractivity contribution in [2.45, 2.75) is 43.8 Å². The molecule has 1 heterocycles. The molecule has 2 aromatic rings. The van der Waals surface area contributed by atoms with E-state index in [2.05, 4.69) is 10.1 Å². The molecule has 1 fully saturated rings. The summed E-state index contributed by atoms with van der Waals surface area (Å²) in [5.74, 6) is 0.150.